The lowest BCUT2D eigenvalue weighted by atomic mass is 10.0. The van der Waals surface area contributed by atoms with Crippen LogP contribution in [-0.4, -0.2) is 36.6 Å². The first-order valence-electron chi connectivity index (χ1n) is 7.28. The van der Waals surface area contributed by atoms with Crippen LogP contribution in [0.3, 0.4) is 0 Å². The first kappa shape index (κ1) is 12.4. The molecule has 0 bridgehead atoms. The van der Waals surface area contributed by atoms with Crippen molar-refractivity contribution < 1.29 is 0 Å². The average molecular weight is 224 g/mol. The standard InChI is InChI=1S/C14H28N2/c1-3-13-7-5-4-6-10-16(13)14-9-8-12(11-14)15-2/h12-15H,3-11H2,1-2H3. The minimum Gasteiger partial charge on any atom is -0.317 e. The second kappa shape index (κ2) is 6.02. The Morgan fingerprint density at radius 3 is 2.69 bits per heavy atom. The summed E-state index contributed by atoms with van der Waals surface area (Å²) in [4.78, 5) is 2.85. The highest BCUT2D eigenvalue weighted by molar-refractivity contribution is 4.89. The summed E-state index contributed by atoms with van der Waals surface area (Å²) in [5.41, 5.74) is 0. The van der Waals surface area contributed by atoms with Gasteiger partial charge >= 0.3 is 0 Å². The maximum absolute atomic E-state index is 3.45. The molecule has 0 radical (unpaired) electrons. The van der Waals surface area contributed by atoms with E-state index in [0.29, 0.717) is 0 Å². The van der Waals surface area contributed by atoms with Gasteiger partial charge in [-0.25, -0.2) is 0 Å². The minimum absolute atomic E-state index is 0.783. The molecule has 0 aromatic carbocycles. The van der Waals surface area contributed by atoms with E-state index in [2.05, 4.69) is 24.2 Å². The Labute approximate surface area is 101 Å². The molecule has 2 fully saturated rings. The molecule has 3 atom stereocenters. The van der Waals surface area contributed by atoms with Crippen LogP contribution in [0, 0.1) is 0 Å². The largest absolute Gasteiger partial charge is 0.317 e. The molecule has 2 heteroatoms. The number of hydrogen-bond acceptors (Lipinski definition) is 2. The molecule has 1 saturated heterocycles. The Hall–Kier alpha value is -0.0800. The van der Waals surface area contributed by atoms with Crippen molar-refractivity contribution in [3.05, 3.63) is 0 Å². The minimum atomic E-state index is 0.783. The van der Waals surface area contributed by atoms with Crippen LogP contribution in [0.2, 0.25) is 0 Å². The zero-order valence-electron chi connectivity index (χ0n) is 11.0. The monoisotopic (exact) mass is 224 g/mol. The van der Waals surface area contributed by atoms with Crippen molar-refractivity contribution in [3.63, 3.8) is 0 Å². The normalized spacial score (nSPS) is 37.5. The van der Waals surface area contributed by atoms with E-state index in [4.69, 9.17) is 0 Å². The molecule has 16 heavy (non-hydrogen) atoms. The molecule has 1 N–H and O–H groups in total. The summed E-state index contributed by atoms with van der Waals surface area (Å²) < 4.78 is 0. The molecule has 1 aliphatic carbocycles. The maximum Gasteiger partial charge on any atom is 0.0114 e. The molecule has 0 spiro atoms. The van der Waals surface area contributed by atoms with Crippen molar-refractivity contribution >= 4 is 0 Å². The molecule has 0 aromatic rings. The summed E-state index contributed by atoms with van der Waals surface area (Å²) in [6, 6.07) is 2.54. The average Bonchev–Trinajstić information content (AvgIpc) is 2.66. The fourth-order valence-electron chi connectivity index (χ4n) is 3.64. The van der Waals surface area contributed by atoms with Gasteiger partial charge in [0.05, 0.1) is 0 Å². The Bertz CT molecular complexity index is 205. The SMILES string of the molecule is CCC1CCCCCN1C1CCC(NC)C1. The maximum atomic E-state index is 3.45. The van der Waals surface area contributed by atoms with Gasteiger partial charge in [-0.05, 0) is 52.1 Å². The Kier molecular flexibility index (Phi) is 4.66. The Morgan fingerprint density at radius 1 is 1.12 bits per heavy atom. The predicted octanol–water partition coefficient (Wildman–Crippen LogP) is 2.78. The summed E-state index contributed by atoms with van der Waals surface area (Å²) in [5, 5.41) is 3.45. The topological polar surface area (TPSA) is 15.3 Å². The van der Waals surface area contributed by atoms with Gasteiger partial charge in [-0.15, -0.1) is 0 Å². The van der Waals surface area contributed by atoms with E-state index >= 15 is 0 Å². The van der Waals surface area contributed by atoms with Gasteiger partial charge in [-0.3, -0.25) is 4.90 Å². The van der Waals surface area contributed by atoms with Crippen LogP contribution in [0.5, 0.6) is 0 Å². The van der Waals surface area contributed by atoms with E-state index in [1.54, 1.807) is 0 Å². The molecule has 1 aliphatic heterocycles. The van der Waals surface area contributed by atoms with E-state index in [-0.39, 0.29) is 0 Å². The Morgan fingerprint density at radius 2 is 2.00 bits per heavy atom. The van der Waals surface area contributed by atoms with Crippen molar-refractivity contribution in [1.29, 1.82) is 0 Å². The summed E-state index contributed by atoms with van der Waals surface area (Å²) in [6.45, 7) is 3.73. The van der Waals surface area contributed by atoms with Gasteiger partial charge in [0, 0.05) is 18.1 Å². The van der Waals surface area contributed by atoms with Gasteiger partial charge in [0.2, 0.25) is 0 Å². The molecule has 2 aliphatic rings. The third kappa shape index (κ3) is 2.78. The first-order chi connectivity index (χ1) is 7.85. The lowest BCUT2D eigenvalue weighted by Crippen LogP contribution is -2.42. The van der Waals surface area contributed by atoms with Crippen LogP contribution >= 0.6 is 0 Å². The first-order valence-corrected chi connectivity index (χ1v) is 7.28. The van der Waals surface area contributed by atoms with Gasteiger partial charge in [0.25, 0.3) is 0 Å². The van der Waals surface area contributed by atoms with Gasteiger partial charge in [0.1, 0.15) is 0 Å². The van der Waals surface area contributed by atoms with Gasteiger partial charge < -0.3 is 5.32 Å². The predicted molar refractivity (Wildman–Crippen MR) is 69.7 cm³/mol. The molecule has 1 saturated carbocycles. The molecule has 1 heterocycles. The number of rotatable bonds is 3. The number of hydrogen-bond donors (Lipinski definition) is 1. The third-order valence-electron chi connectivity index (χ3n) is 4.68. The second-order valence-corrected chi connectivity index (χ2v) is 5.60. The highest BCUT2D eigenvalue weighted by atomic mass is 15.2. The van der Waals surface area contributed by atoms with Crippen molar-refractivity contribution in [2.75, 3.05) is 13.6 Å². The van der Waals surface area contributed by atoms with Crippen LogP contribution in [0.4, 0.5) is 0 Å². The smallest absolute Gasteiger partial charge is 0.0114 e. The quantitative estimate of drug-likeness (QED) is 0.793. The zero-order chi connectivity index (χ0) is 11.4. The van der Waals surface area contributed by atoms with Gasteiger partial charge in [-0.1, -0.05) is 19.8 Å². The van der Waals surface area contributed by atoms with E-state index in [1.165, 1.54) is 57.9 Å². The third-order valence-corrected chi connectivity index (χ3v) is 4.68. The second-order valence-electron chi connectivity index (χ2n) is 5.60. The highest BCUT2D eigenvalue weighted by Crippen LogP contribution is 2.30. The Balaban J connectivity index is 1.94. The van der Waals surface area contributed by atoms with Crippen molar-refractivity contribution in [2.24, 2.45) is 0 Å². The van der Waals surface area contributed by atoms with Crippen LogP contribution in [0.25, 0.3) is 0 Å². The van der Waals surface area contributed by atoms with Gasteiger partial charge in [0.15, 0.2) is 0 Å². The fraction of sp³-hybridized carbons (Fsp3) is 1.00. The summed E-state index contributed by atoms with van der Waals surface area (Å²) in [7, 11) is 2.12. The van der Waals surface area contributed by atoms with Crippen LogP contribution < -0.4 is 5.32 Å². The molecule has 0 aromatic heterocycles. The highest BCUT2D eigenvalue weighted by Gasteiger charge is 2.32. The fourth-order valence-corrected chi connectivity index (χ4v) is 3.64. The van der Waals surface area contributed by atoms with Crippen molar-refractivity contribution in [3.8, 4) is 0 Å². The molecule has 94 valence electrons. The molecule has 2 nitrogen and oxygen atoms in total. The molecular formula is C14H28N2. The number of nitrogens with one attached hydrogen (secondary N) is 1. The molecule has 2 rings (SSSR count). The molecule has 0 amide bonds. The summed E-state index contributed by atoms with van der Waals surface area (Å²) in [6.07, 6.45) is 11.3. The summed E-state index contributed by atoms with van der Waals surface area (Å²) in [5.74, 6) is 0. The van der Waals surface area contributed by atoms with E-state index in [1.807, 2.05) is 0 Å². The van der Waals surface area contributed by atoms with E-state index in [0.717, 1.165) is 18.1 Å². The molecular weight excluding hydrogens is 196 g/mol. The summed E-state index contributed by atoms with van der Waals surface area (Å²) >= 11 is 0. The lowest BCUT2D eigenvalue weighted by Gasteiger charge is -2.34. The molecule has 3 unspecified atom stereocenters. The number of nitrogens with zero attached hydrogens (tertiary/aromatic N) is 1. The van der Waals surface area contributed by atoms with E-state index in [9.17, 15) is 0 Å². The van der Waals surface area contributed by atoms with Crippen molar-refractivity contribution in [1.82, 2.24) is 10.2 Å². The zero-order valence-corrected chi connectivity index (χ0v) is 11.0. The van der Waals surface area contributed by atoms with Crippen LogP contribution in [-0.2, 0) is 0 Å². The van der Waals surface area contributed by atoms with Gasteiger partial charge in [-0.2, -0.15) is 0 Å². The van der Waals surface area contributed by atoms with Crippen LogP contribution in [0.1, 0.15) is 58.3 Å². The number of likely N-dealkylation sites (tertiary alicyclic amines) is 1. The van der Waals surface area contributed by atoms with Crippen molar-refractivity contribution in [2.45, 2.75) is 76.4 Å². The lowest BCUT2D eigenvalue weighted by molar-refractivity contribution is 0.133. The van der Waals surface area contributed by atoms with Crippen LogP contribution in [0.15, 0.2) is 0 Å². The van der Waals surface area contributed by atoms with E-state index < -0.39 is 0 Å².